The molecule has 130 valence electrons. The maximum atomic E-state index is 11.9. The van der Waals surface area contributed by atoms with Gasteiger partial charge in [-0.3, -0.25) is 0 Å². The molecule has 1 aliphatic carbocycles. The van der Waals surface area contributed by atoms with Crippen LogP contribution in [0, 0.1) is 5.92 Å². The molecule has 3 rings (SSSR count). The van der Waals surface area contributed by atoms with Crippen LogP contribution in [0.2, 0.25) is 0 Å². The molecule has 0 atom stereocenters. The smallest absolute Gasteiger partial charge is 0.335 e. The van der Waals surface area contributed by atoms with Crippen molar-refractivity contribution in [3.8, 4) is 0 Å². The van der Waals surface area contributed by atoms with E-state index in [2.05, 4.69) is 34.9 Å². The number of urea groups is 1. The van der Waals surface area contributed by atoms with Crippen LogP contribution >= 0.6 is 0 Å². The molecule has 0 radical (unpaired) electrons. The van der Waals surface area contributed by atoms with Crippen LogP contribution in [0.15, 0.2) is 54.6 Å². The Balaban J connectivity index is 1.34. The van der Waals surface area contributed by atoms with E-state index < -0.39 is 5.97 Å². The van der Waals surface area contributed by atoms with Crippen molar-refractivity contribution >= 4 is 12.0 Å². The Morgan fingerprint density at radius 1 is 0.960 bits per heavy atom. The second-order valence-electron chi connectivity index (χ2n) is 6.51. The molecule has 0 bridgehead atoms. The monoisotopic (exact) mass is 338 g/mol. The normalized spacial score (nSPS) is 18.9. The van der Waals surface area contributed by atoms with Gasteiger partial charge in [-0.05, 0) is 47.9 Å². The molecule has 0 aliphatic heterocycles. The van der Waals surface area contributed by atoms with Crippen molar-refractivity contribution in [2.75, 3.05) is 6.54 Å². The molecule has 1 saturated carbocycles. The highest BCUT2D eigenvalue weighted by Gasteiger charge is 2.30. The lowest BCUT2D eigenvalue weighted by Crippen LogP contribution is -2.40. The Labute approximate surface area is 147 Å². The van der Waals surface area contributed by atoms with Gasteiger partial charge in [0.25, 0.3) is 0 Å². The van der Waals surface area contributed by atoms with Crippen LogP contribution in [-0.4, -0.2) is 23.7 Å². The summed E-state index contributed by atoms with van der Waals surface area (Å²) in [6, 6.07) is 16.8. The molecule has 1 fully saturated rings. The maximum absolute atomic E-state index is 11.9. The van der Waals surface area contributed by atoms with Gasteiger partial charge >= 0.3 is 12.0 Å². The average molecular weight is 338 g/mol. The largest absolute Gasteiger partial charge is 0.478 e. The minimum Gasteiger partial charge on any atom is -0.478 e. The van der Waals surface area contributed by atoms with E-state index in [9.17, 15) is 9.59 Å². The summed E-state index contributed by atoms with van der Waals surface area (Å²) in [5, 5.41) is 14.6. The second-order valence-corrected chi connectivity index (χ2v) is 6.51. The highest BCUT2D eigenvalue weighted by molar-refractivity contribution is 5.87. The number of rotatable bonds is 6. The first-order chi connectivity index (χ1) is 12.1. The number of benzene rings is 2. The molecular formula is C20H22N2O3. The van der Waals surface area contributed by atoms with E-state index in [1.165, 1.54) is 17.7 Å². The number of amides is 2. The van der Waals surface area contributed by atoms with E-state index in [0.717, 1.165) is 18.4 Å². The fourth-order valence-corrected chi connectivity index (χ4v) is 3.15. The Morgan fingerprint density at radius 2 is 1.64 bits per heavy atom. The summed E-state index contributed by atoms with van der Waals surface area (Å²) in [4.78, 5) is 22.7. The van der Waals surface area contributed by atoms with E-state index in [1.54, 1.807) is 12.1 Å². The minimum atomic E-state index is -0.952. The van der Waals surface area contributed by atoms with Crippen LogP contribution in [-0.2, 0) is 6.54 Å². The molecule has 0 aromatic heterocycles. The quantitative estimate of drug-likeness (QED) is 0.755. The van der Waals surface area contributed by atoms with Crippen molar-refractivity contribution in [2.45, 2.75) is 25.3 Å². The van der Waals surface area contributed by atoms with E-state index in [0.29, 0.717) is 24.9 Å². The van der Waals surface area contributed by atoms with Crippen molar-refractivity contribution in [1.29, 1.82) is 0 Å². The van der Waals surface area contributed by atoms with Crippen LogP contribution in [0.5, 0.6) is 0 Å². The van der Waals surface area contributed by atoms with E-state index in [4.69, 9.17) is 5.11 Å². The zero-order valence-electron chi connectivity index (χ0n) is 13.9. The van der Waals surface area contributed by atoms with Gasteiger partial charge in [-0.15, -0.1) is 0 Å². The van der Waals surface area contributed by atoms with Gasteiger partial charge in [0, 0.05) is 13.1 Å². The molecule has 25 heavy (non-hydrogen) atoms. The number of hydrogen-bond donors (Lipinski definition) is 3. The highest BCUT2D eigenvalue weighted by atomic mass is 16.4. The molecule has 5 nitrogen and oxygen atoms in total. The fraction of sp³-hybridized carbons (Fsp3) is 0.300. The van der Waals surface area contributed by atoms with Gasteiger partial charge in [0.15, 0.2) is 0 Å². The SMILES string of the molecule is O=C(NCc1ccc(C(=O)O)cc1)NCC1CC(c2ccccc2)C1. The summed E-state index contributed by atoms with van der Waals surface area (Å²) in [6.45, 7) is 1.07. The second kappa shape index (κ2) is 7.83. The number of nitrogens with one attached hydrogen (secondary N) is 2. The summed E-state index contributed by atoms with van der Waals surface area (Å²) >= 11 is 0. The minimum absolute atomic E-state index is 0.189. The number of hydrogen-bond acceptors (Lipinski definition) is 2. The van der Waals surface area contributed by atoms with E-state index >= 15 is 0 Å². The lowest BCUT2D eigenvalue weighted by Gasteiger charge is -2.35. The Hall–Kier alpha value is -2.82. The number of carboxylic acids is 1. The van der Waals surface area contributed by atoms with Crippen molar-refractivity contribution in [2.24, 2.45) is 5.92 Å². The van der Waals surface area contributed by atoms with Crippen LogP contribution in [0.25, 0.3) is 0 Å². The third-order valence-corrected chi connectivity index (χ3v) is 4.71. The standard InChI is InChI=1S/C20H22N2O3/c23-19(24)17-8-6-14(7-9-17)12-21-20(25)22-13-15-10-18(11-15)16-4-2-1-3-5-16/h1-9,15,18H,10-13H2,(H,23,24)(H2,21,22,25). The Bertz CT molecular complexity index is 722. The first-order valence-corrected chi connectivity index (χ1v) is 8.50. The van der Waals surface area contributed by atoms with E-state index in [1.807, 2.05) is 6.07 Å². The van der Waals surface area contributed by atoms with Crippen molar-refractivity contribution in [3.05, 3.63) is 71.3 Å². The maximum Gasteiger partial charge on any atom is 0.335 e. The van der Waals surface area contributed by atoms with Gasteiger partial charge in [-0.2, -0.15) is 0 Å². The molecule has 0 spiro atoms. The Kier molecular flexibility index (Phi) is 5.33. The summed E-state index contributed by atoms with van der Waals surface area (Å²) < 4.78 is 0. The molecule has 2 aromatic carbocycles. The number of carbonyl (C=O) groups is 2. The third kappa shape index (κ3) is 4.59. The summed E-state index contributed by atoms with van der Waals surface area (Å²) in [5.74, 6) is 0.196. The highest BCUT2D eigenvalue weighted by Crippen LogP contribution is 2.40. The fourth-order valence-electron chi connectivity index (χ4n) is 3.15. The first-order valence-electron chi connectivity index (χ1n) is 8.50. The summed E-state index contributed by atoms with van der Waals surface area (Å²) in [5.41, 5.74) is 2.49. The van der Waals surface area contributed by atoms with Crippen molar-refractivity contribution in [3.63, 3.8) is 0 Å². The van der Waals surface area contributed by atoms with Crippen molar-refractivity contribution in [1.82, 2.24) is 10.6 Å². The molecule has 3 N–H and O–H groups in total. The molecule has 1 aliphatic rings. The first kappa shape index (κ1) is 17.0. The topological polar surface area (TPSA) is 78.4 Å². The number of carboxylic acid groups (broad SMARTS) is 1. The van der Waals surface area contributed by atoms with Crippen LogP contribution in [0.1, 0.15) is 40.2 Å². The molecule has 5 heteroatoms. The lowest BCUT2D eigenvalue weighted by molar-refractivity contribution is 0.0697. The number of aromatic carboxylic acids is 1. The predicted molar refractivity (Wildman–Crippen MR) is 95.5 cm³/mol. The van der Waals surface area contributed by atoms with Crippen LogP contribution in [0.3, 0.4) is 0 Å². The Morgan fingerprint density at radius 3 is 2.28 bits per heavy atom. The van der Waals surface area contributed by atoms with Gasteiger partial charge in [-0.1, -0.05) is 42.5 Å². The van der Waals surface area contributed by atoms with Gasteiger partial charge in [-0.25, -0.2) is 9.59 Å². The van der Waals surface area contributed by atoms with Crippen LogP contribution in [0.4, 0.5) is 4.79 Å². The van der Waals surface area contributed by atoms with Gasteiger partial charge in [0.2, 0.25) is 0 Å². The van der Waals surface area contributed by atoms with E-state index in [-0.39, 0.29) is 11.6 Å². The summed E-state index contributed by atoms with van der Waals surface area (Å²) in [6.07, 6.45) is 2.22. The van der Waals surface area contributed by atoms with Gasteiger partial charge in [0.1, 0.15) is 0 Å². The molecule has 0 unspecified atom stereocenters. The zero-order valence-corrected chi connectivity index (χ0v) is 13.9. The molecular weight excluding hydrogens is 316 g/mol. The number of carbonyl (C=O) groups excluding carboxylic acids is 1. The van der Waals surface area contributed by atoms with Gasteiger partial charge < -0.3 is 15.7 Å². The summed E-state index contributed by atoms with van der Waals surface area (Å²) in [7, 11) is 0. The molecule has 2 amide bonds. The molecule has 0 saturated heterocycles. The predicted octanol–water partition coefficient (Wildman–Crippen LogP) is 3.38. The molecule has 0 heterocycles. The zero-order chi connectivity index (χ0) is 17.6. The lowest BCUT2D eigenvalue weighted by atomic mass is 9.71. The van der Waals surface area contributed by atoms with Gasteiger partial charge in [0.05, 0.1) is 5.56 Å². The van der Waals surface area contributed by atoms with Crippen LogP contribution < -0.4 is 10.6 Å². The molecule has 2 aromatic rings. The van der Waals surface area contributed by atoms with Crippen molar-refractivity contribution < 1.29 is 14.7 Å². The average Bonchev–Trinajstić information content (AvgIpc) is 2.60. The third-order valence-electron chi connectivity index (χ3n) is 4.71.